The number of aryl methyl sites for hydroxylation is 1. The van der Waals surface area contributed by atoms with Crippen molar-refractivity contribution in [3.8, 4) is 0 Å². The Labute approximate surface area is 142 Å². The lowest BCUT2D eigenvalue weighted by atomic mass is 10.2. The number of rotatable bonds is 5. The van der Waals surface area contributed by atoms with Gasteiger partial charge in [0.05, 0.1) is 10.7 Å². The highest BCUT2D eigenvalue weighted by Gasteiger charge is 2.34. The van der Waals surface area contributed by atoms with Gasteiger partial charge in [0, 0.05) is 51.2 Å². The van der Waals surface area contributed by atoms with Crippen LogP contribution in [0.15, 0.2) is 5.38 Å². The summed E-state index contributed by atoms with van der Waals surface area (Å²) in [7, 11) is 3.59. The first-order valence-electron chi connectivity index (χ1n) is 8.05. The molecule has 2 amide bonds. The van der Waals surface area contributed by atoms with Crippen LogP contribution in [0.4, 0.5) is 9.18 Å². The largest absolute Gasteiger partial charge is 0.326 e. The molecule has 0 unspecified atom stereocenters. The van der Waals surface area contributed by atoms with Gasteiger partial charge in [0.25, 0.3) is 0 Å². The van der Waals surface area contributed by atoms with Crippen molar-refractivity contribution in [3.05, 3.63) is 16.1 Å². The molecule has 5 nitrogen and oxygen atoms in total. The summed E-state index contributed by atoms with van der Waals surface area (Å²) in [6, 6.07) is 0.171. The maximum absolute atomic E-state index is 13.9. The van der Waals surface area contributed by atoms with E-state index in [9.17, 15) is 9.18 Å². The molecule has 2 heterocycles. The highest BCUT2D eigenvalue weighted by Crippen LogP contribution is 2.24. The molecule has 0 bridgehead atoms. The third-order valence-corrected chi connectivity index (χ3v) is 5.22. The van der Waals surface area contributed by atoms with Gasteiger partial charge in [-0.1, -0.05) is 0 Å². The molecular formula is C16H27FN4OS. The number of likely N-dealkylation sites (N-methyl/N-ethyl adjacent to an activating group) is 1. The van der Waals surface area contributed by atoms with E-state index in [0.29, 0.717) is 26.1 Å². The van der Waals surface area contributed by atoms with Gasteiger partial charge in [0.15, 0.2) is 0 Å². The molecule has 1 aliphatic rings. The van der Waals surface area contributed by atoms with Crippen LogP contribution in [0.1, 0.15) is 31.0 Å². The summed E-state index contributed by atoms with van der Waals surface area (Å²) in [5, 5.41) is 3.05. The van der Waals surface area contributed by atoms with E-state index in [-0.39, 0.29) is 18.1 Å². The monoisotopic (exact) mass is 342 g/mol. The minimum Gasteiger partial charge on any atom is -0.326 e. The van der Waals surface area contributed by atoms with E-state index in [1.807, 2.05) is 26.2 Å². The molecule has 1 aliphatic heterocycles. The number of halogens is 1. The van der Waals surface area contributed by atoms with Crippen LogP contribution in [0.5, 0.6) is 0 Å². The zero-order valence-electron chi connectivity index (χ0n) is 14.6. The highest BCUT2D eigenvalue weighted by molar-refractivity contribution is 7.09. The summed E-state index contributed by atoms with van der Waals surface area (Å²) in [6.45, 7) is 7.55. The zero-order chi connectivity index (χ0) is 17.1. The van der Waals surface area contributed by atoms with Crippen LogP contribution in [-0.2, 0) is 6.54 Å². The molecule has 0 N–H and O–H groups in total. The van der Waals surface area contributed by atoms with Crippen LogP contribution >= 0.6 is 11.3 Å². The maximum atomic E-state index is 13.9. The minimum atomic E-state index is -0.828. The van der Waals surface area contributed by atoms with E-state index in [0.717, 1.165) is 10.7 Å². The second kappa shape index (κ2) is 7.57. The fourth-order valence-electron chi connectivity index (χ4n) is 2.88. The van der Waals surface area contributed by atoms with E-state index in [1.165, 1.54) is 0 Å². The number of carbonyl (C=O) groups excluding carboxylic acids is 1. The number of hydrogen-bond donors (Lipinski definition) is 0. The molecule has 1 aromatic heterocycles. The van der Waals surface area contributed by atoms with Crippen molar-refractivity contribution in [1.29, 1.82) is 0 Å². The van der Waals surface area contributed by atoms with Crippen molar-refractivity contribution >= 4 is 17.4 Å². The zero-order valence-corrected chi connectivity index (χ0v) is 15.4. The quantitative estimate of drug-likeness (QED) is 0.826. The Hall–Kier alpha value is -1.21. The summed E-state index contributed by atoms with van der Waals surface area (Å²) in [5.74, 6) is 0. The van der Waals surface area contributed by atoms with E-state index < -0.39 is 6.17 Å². The molecule has 2 rings (SSSR count). The van der Waals surface area contributed by atoms with Gasteiger partial charge in [-0.25, -0.2) is 14.2 Å². The van der Waals surface area contributed by atoms with Gasteiger partial charge in [-0.3, -0.25) is 4.90 Å². The predicted molar refractivity (Wildman–Crippen MR) is 91.5 cm³/mol. The molecular weight excluding hydrogens is 315 g/mol. The molecule has 7 heteroatoms. The number of urea groups is 1. The fraction of sp³-hybridized carbons (Fsp3) is 0.750. The number of amides is 2. The van der Waals surface area contributed by atoms with E-state index in [1.54, 1.807) is 35.2 Å². The van der Waals surface area contributed by atoms with E-state index in [2.05, 4.69) is 9.88 Å². The minimum absolute atomic E-state index is 0.0215. The van der Waals surface area contributed by atoms with Crippen molar-refractivity contribution in [2.24, 2.45) is 0 Å². The third kappa shape index (κ3) is 4.64. The Morgan fingerprint density at radius 2 is 2.22 bits per heavy atom. The van der Waals surface area contributed by atoms with Crippen molar-refractivity contribution in [2.45, 2.75) is 52.0 Å². The van der Waals surface area contributed by atoms with Crippen molar-refractivity contribution < 1.29 is 9.18 Å². The Bertz CT molecular complexity index is 536. The second-order valence-corrected chi connectivity index (χ2v) is 7.70. The summed E-state index contributed by atoms with van der Waals surface area (Å²) in [4.78, 5) is 22.3. The molecule has 0 aromatic carbocycles. The molecule has 1 fully saturated rings. The van der Waals surface area contributed by atoms with Gasteiger partial charge in [-0.2, -0.15) is 0 Å². The van der Waals surface area contributed by atoms with Crippen LogP contribution in [0, 0.1) is 6.92 Å². The van der Waals surface area contributed by atoms with E-state index in [4.69, 9.17) is 0 Å². The summed E-state index contributed by atoms with van der Waals surface area (Å²) < 4.78 is 13.9. The lowest BCUT2D eigenvalue weighted by Gasteiger charge is -2.32. The third-order valence-electron chi connectivity index (χ3n) is 4.40. The Balaban J connectivity index is 1.97. The summed E-state index contributed by atoms with van der Waals surface area (Å²) in [5.41, 5.74) is 0.986. The fourth-order valence-corrected chi connectivity index (χ4v) is 3.48. The number of thiazole rings is 1. The first-order valence-corrected chi connectivity index (χ1v) is 8.93. The van der Waals surface area contributed by atoms with Gasteiger partial charge in [-0.15, -0.1) is 11.3 Å². The van der Waals surface area contributed by atoms with E-state index >= 15 is 0 Å². The summed E-state index contributed by atoms with van der Waals surface area (Å²) in [6.07, 6.45) is -0.349. The first-order chi connectivity index (χ1) is 10.8. The first kappa shape index (κ1) is 18.1. The summed E-state index contributed by atoms with van der Waals surface area (Å²) >= 11 is 1.61. The molecule has 130 valence electrons. The maximum Gasteiger partial charge on any atom is 0.319 e. The van der Waals surface area contributed by atoms with Crippen molar-refractivity contribution in [3.63, 3.8) is 0 Å². The van der Waals surface area contributed by atoms with Crippen LogP contribution < -0.4 is 0 Å². The second-order valence-electron chi connectivity index (χ2n) is 6.64. The average Bonchev–Trinajstić information content (AvgIpc) is 3.03. The van der Waals surface area contributed by atoms with Gasteiger partial charge < -0.3 is 9.80 Å². The molecule has 1 aromatic rings. The van der Waals surface area contributed by atoms with Crippen LogP contribution in [0.2, 0.25) is 0 Å². The number of hydrogen-bond acceptors (Lipinski definition) is 4. The number of nitrogens with zero attached hydrogens (tertiary/aromatic N) is 4. The SMILES string of the molecule is Cc1nc(CN2C[C@@H](F)C[C@H]2CN(C)C(=O)N(C)C(C)C)cs1. The molecule has 2 atom stereocenters. The van der Waals surface area contributed by atoms with Gasteiger partial charge in [0.1, 0.15) is 6.17 Å². The normalized spacial score (nSPS) is 21.9. The van der Waals surface area contributed by atoms with Crippen LogP contribution in [0.25, 0.3) is 0 Å². The Kier molecular flexibility index (Phi) is 5.97. The molecule has 0 radical (unpaired) electrons. The van der Waals surface area contributed by atoms with Crippen LogP contribution in [-0.4, -0.2) is 71.2 Å². The highest BCUT2D eigenvalue weighted by atomic mass is 32.1. The molecule has 0 aliphatic carbocycles. The predicted octanol–water partition coefficient (Wildman–Crippen LogP) is 2.76. The van der Waals surface area contributed by atoms with Gasteiger partial charge >= 0.3 is 6.03 Å². The standard InChI is InChI=1S/C16H27FN4OS/c1-11(2)20(5)16(22)19(4)9-15-6-13(17)7-21(15)8-14-10-23-12(3)18-14/h10-11,13,15H,6-9H2,1-5H3/t13-,15-/m0/s1. The lowest BCUT2D eigenvalue weighted by Crippen LogP contribution is -2.47. The Morgan fingerprint density at radius 1 is 1.52 bits per heavy atom. The molecule has 0 saturated carbocycles. The average molecular weight is 342 g/mol. The smallest absolute Gasteiger partial charge is 0.319 e. The number of alkyl halides is 1. The number of aromatic nitrogens is 1. The van der Waals surface area contributed by atoms with Gasteiger partial charge in [-0.05, 0) is 27.2 Å². The topological polar surface area (TPSA) is 39.7 Å². The van der Waals surface area contributed by atoms with Crippen molar-refractivity contribution in [2.75, 3.05) is 27.2 Å². The molecule has 1 saturated heterocycles. The van der Waals surface area contributed by atoms with Crippen LogP contribution in [0.3, 0.4) is 0 Å². The molecule has 23 heavy (non-hydrogen) atoms. The van der Waals surface area contributed by atoms with Crippen molar-refractivity contribution in [1.82, 2.24) is 19.7 Å². The van der Waals surface area contributed by atoms with Gasteiger partial charge in [0.2, 0.25) is 0 Å². The molecule has 0 spiro atoms. The Morgan fingerprint density at radius 3 is 2.78 bits per heavy atom. The lowest BCUT2D eigenvalue weighted by molar-refractivity contribution is 0.142. The number of carbonyl (C=O) groups is 1. The number of likely N-dealkylation sites (tertiary alicyclic amines) is 1.